The third kappa shape index (κ3) is 5.81. The SMILES string of the molecule is CONCCc1ccc(-n2ncnc2[C@H](C)NC(=O)c2cc(Cl)cc(C(F)(F)F)c2)nc1. The van der Waals surface area contributed by atoms with E-state index in [0.717, 1.165) is 17.7 Å². The Hall–Kier alpha value is -3.02. The number of carbonyl (C=O) groups is 1. The summed E-state index contributed by atoms with van der Waals surface area (Å²) in [5.74, 6) is 0.107. The molecule has 0 bridgehead atoms. The number of pyridine rings is 1. The van der Waals surface area contributed by atoms with Crippen molar-refractivity contribution in [2.45, 2.75) is 25.6 Å². The van der Waals surface area contributed by atoms with Gasteiger partial charge in [0.15, 0.2) is 11.6 Å². The van der Waals surface area contributed by atoms with Crippen LogP contribution in [0.5, 0.6) is 0 Å². The number of hydrogen-bond donors (Lipinski definition) is 2. The minimum absolute atomic E-state index is 0.189. The van der Waals surface area contributed by atoms with Crippen LogP contribution in [0.1, 0.15) is 40.3 Å². The van der Waals surface area contributed by atoms with E-state index in [1.54, 1.807) is 19.2 Å². The fourth-order valence-corrected chi connectivity index (χ4v) is 3.17. The molecule has 2 N–H and O–H groups in total. The number of benzene rings is 1. The molecule has 0 spiro atoms. The highest BCUT2D eigenvalue weighted by atomic mass is 35.5. The quantitative estimate of drug-likeness (QED) is 0.388. The van der Waals surface area contributed by atoms with E-state index in [4.69, 9.17) is 16.4 Å². The van der Waals surface area contributed by atoms with Crippen molar-refractivity contribution < 1.29 is 22.8 Å². The molecular formula is C20H20ClF3N6O2. The summed E-state index contributed by atoms with van der Waals surface area (Å²) in [5, 5.41) is 6.58. The molecule has 0 aliphatic rings. The molecule has 1 atom stereocenters. The van der Waals surface area contributed by atoms with Crippen molar-refractivity contribution in [3.05, 3.63) is 70.4 Å². The predicted octanol–water partition coefficient (Wildman–Crippen LogP) is 3.52. The summed E-state index contributed by atoms with van der Waals surface area (Å²) in [6.45, 7) is 2.26. The first-order valence-corrected chi connectivity index (χ1v) is 9.86. The van der Waals surface area contributed by atoms with Crippen LogP contribution in [0.25, 0.3) is 5.82 Å². The first-order valence-electron chi connectivity index (χ1n) is 9.48. The summed E-state index contributed by atoms with van der Waals surface area (Å²) in [4.78, 5) is 25.9. The Labute approximate surface area is 186 Å². The van der Waals surface area contributed by atoms with Crippen molar-refractivity contribution in [3.63, 3.8) is 0 Å². The Balaban J connectivity index is 1.75. The number of nitrogens with zero attached hydrogens (tertiary/aromatic N) is 4. The molecule has 0 saturated heterocycles. The highest BCUT2D eigenvalue weighted by Crippen LogP contribution is 2.32. The average molecular weight is 469 g/mol. The summed E-state index contributed by atoms with van der Waals surface area (Å²) >= 11 is 5.77. The fourth-order valence-electron chi connectivity index (χ4n) is 2.94. The lowest BCUT2D eigenvalue weighted by molar-refractivity contribution is -0.137. The van der Waals surface area contributed by atoms with Gasteiger partial charge in [-0.1, -0.05) is 17.7 Å². The van der Waals surface area contributed by atoms with Crippen molar-refractivity contribution in [1.29, 1.82) is 0 Å². The summed E-state index contributed by atoms with van der Waals surface area (Å²) < 4.78 is 40.5. The summed E-state index contributed by atoms with van der Waals surface area (Å²) in [6, 6.07) is 5.63. The fraction of sp³-hybridized carbons (Fsp3) is 0.300. The number of alkyl halides is 3. The van der Waals surface area contributed by atoms with E-state index in [2.05, 4.69) is 25.9 Å². The Bertz CT molecular complexity index is 1070. The Morgan fingerprint density at radius 3 is 2.69 bits per heavy atom. The van der Waals surface area contributed by atoms with Crippen LogP contribution in [-0.4, -0.2) is 39.3 Å². The smallest absolute Gasteiger partial charge is 0.342 e. The molecule has 0 aliphatic heterocycles. The highest BCUT2D eigenvalue weighted by molar-refractivity contribution is 6.31. The molecule has 8 nitrogen and oxygen atoms in total. The van der Waals surface area contributed by atoms with E-state index in [0.29, 0.717) is 24.6 Å². The molecular weight excluding hydrogens is 449 g/mol. The van der Waals surface area contributed by atoms with Gasteiger partial charge in [0.05, 0.1) is 18.7 Å². The molecule has 12 heteroatoms. The lowest BCUT2D eigenvalue weighted by Gasteiger charge is -2.15. The van der Waals surface area contributed by atoms with Crippen molar-refractivity contribution in [3.8, 4) is 5.82 Å². The van der Waals surface area contributed by atoms with E-state index < -0.39 is 23.7 Å². The lowest BCUT2D eigenvalue weighted by Crippen LogP contribution is -2.29. The van der Waals surface area contributed by atoms with E-state index in [1.165, 1.54) is 24.2 Å². The number of halogens is 4. The highest BCUT2D eigenvalue weighted by Gasteiger charge is 2.32. The van der Waals surface area contributed by atoms with Crippen LogP contribution in [-0.2, 0) is 17.4 Å². The largest absolute Gasteiger partial charge is 0.416 e. The van der Waals surface area contributed by atoms with E-state index in [1.807, 2.05) is 6.07 Å². The molecule has 170 valence electrons. The summed E-state index contributed by atoms with van der Waals surface area (Å²) in [6.07, 6.45) is -0.927. The van der Waals surface area contributed by atoms with Gasteiger partial charge in [-0.25, -0.2) is 15.4 Å². The number of aromatic nitrogens is 4. The van der Waals surface area contributed by atoms with Crippen LogP contribution in [0.3, 0.4) is 0 Å². The zero-order chi connectivity index (χ0) is 23.3. The van der Waals surface area contributed by atoms with Gasteiger partial charge in [-0.2, -0.15) is 23.0 Å². The topological polar surface area (TPSA) is 94.0 Å². The second kappa shape index (κ2) is 10.1. The molecule has 0 radical (unpaired) electrons. The van der Waals surface area contributed by atoms with Gasteiger partial charge in [0.1, 0.15) is 6.33 Å². The number of amides is 1. The predicted molar refractivity (Wildman–Crippen MR) is 110 cm³/mol. The van der Waals surface area contributed by atoms with Crippen molar-refractivity contribution in [1.82, 2.24) is 30.5 Å². The van der Waals surface area contributed by atoms with Gasteiger partial charge in [0.25, 0.3) is 5.91 Å². The van der Waals surface area contributed by atoms with Gasteiger partial charge in [0.2, 0.25) is 0 Å². The van der Waals surface area contributed by atoms with E-state index >= 15 is 0 Å². The van der Waals surface area contributed by atoms with Gasteiger partial charge >= 0.3 is 6.18 Å². The van der Waals surface area contributed by atoms with Gasteiger partial charge < -0.3 is 10.2 Å². The second-order valence-corrected chi connectivity index (χ2v) is 7.26. The molecule has 1 aromatic carbocycles. The van der Waals surface area contributed by atoms with Crippen LogP contribution in [0, 0.1) is 0 Å². The lowest BCUT2D eigenvalue weighted by atomic mass is 10.1. The summed E-state index contributed by atoms with van der Waals surface area (Å²) in [5.41, 5.74) is 2.50. The minimum atomic E-state index is -4.62. The Morgan fingerprint density at radius 1 is 1.25 bits per heavy atom. The summed E-state index contributed by atoms with van der Waals surface area (Å²) in [7, 11) is 1.54. The number of rotatable bonds is 8. The third-order valence-electron chi connectivity index (χ3n) is 4.48. The Kier molecular flexibility index (Phi) is 7.44. The first-order chi connectivity index (χ1) is 15.2. The molecule has 2 aromatic heterocycles. The molecule has 32 heavy (non-hydrogen) atoms. The zero-order valence-corrected chi connectivity index (χ0v) is 17.9. The molecule has 0 saturated carbocycles. The average Bonchev–Trinajstić information content (AvgIpc) is 3.23. The number of hydrogen-bond acceptors (Lipinski definition) is 6. The van der Waals surface area contributed by atoms with Crippen LogP contribution in [0.15, 0.2) is 42.9 Å². The van der Waals surface area contributed by atoms with E-state index in [-0.39, 0.29) is 10.6 Å². The molecule has 0 fully saturated rings. The van der Waals surface area contributed by atoms with E-state index in [9.17, 15) is 18.0 Å². The van der Waals surface area contributed by atoms with Crippen molar-refractivity contribution >= 4 is 17.5 Å². The van der Waals surface area contributed by atoms with Crippen LogP contribution < -0.4 is 10.8 Å². The molecule has 0 aliphatic carbocycles. The molecule has 3 aromatic rings. The standard InChI is InChI=1S/C20H20ClF3N6O2/c1-12(29-19(31)14-7-15(20(22,23)24)9-16(21)8-14)18-26-11-27-30(18)17-4-3-13(10-25-17)5-6-28-32-2/h3-4,7-12,28H,5-6H2,1-2H3,(H,29,31)/t12-/m0/s1. The normalized spacial score (nSPS) is 12.6. The minimum Gasteiger partial charge on any atom is -0.342 e. The number of hydroxylamine groups is 1. The third-order valence-corrected chi connectivity index (χ3v) is 4.70. The maximum atomic E-state index is 13.0. The molecule has 3 rings (SSSR count). The molecule has 1 amide bonds. The maximum Gasteiger partial charge on any atom is 0.416 e. The number of nitrogens with one attached hydrogen (secondary N) is 2. The molecule has 0 unspecified atom stereocenters. The van der Waals surface area contributed by atoms with Crippen molar-refractivity contribution in [2.24, 2.45) is 0 Å². The zero-order valence-electron chi connectivity index (χ0n) is 17.2. The van der Waals surface area contributed by atoms with Crippen molar-refractivity contribution in [2.75, 3.05) is 13.7 Å². The number of carbonyl (C=O) groups excluding carboxylic acids is 1. The van der Waals surface area contributed by atoms with Crippen LogP contribution in [0.2, 0.25) is 5.02 Å². The second-order valence-electron chi connectivity index (χ2n) is 6.82. The first kappa shape index (κ1) is 23.6. The van der Waals surface area contributed by atoms with Gasteiger partial charge in [-0.05, 0) is 43.2 Å². The van der Waals surface area contributed by atoms with Gasteiger partial charge in [-0.3, -0.25) is 4.79 Å². The van der Waals surface area contributed by atoms with Crippen LogP contribution >= 0.6 is 11.6 Å². The Morgan fingerprint density at radius 2 is 2.03 bits per heavy atom. The van der Waals surface area contributed by atoms with Crippen LogP contribution in [0.4, 0.5) is 13.2 Å². The molecule has 2 heterocycles. The van der Waals surface area contributed by atoms with Gasteiger partial charge in [0, 0.05) is 23.3 Å². The monoisotopic (exact) mass is 468 g/mol. The van der Waals surface area contributed by atoms with Gasteiger partial charge in [-0.15, -0.1) is 0 Å². The maximum absolute atomic E-state index is 13.0.